The summed E-state index contributed by atoms with van der Waals surface area (Å²) in [6, 6.07) is 0. The molecule has 2 nitrogen and oxygen atoms in total. The van der Waals surface area contributed by atoms with Gasteiger partial charge in [-0.15, -0.1) is 0 Å². The van der Waals surface area contributed by atoms with Crippen LogP contribution >= 0.6 is 0 Å². The Kier molecular flexibility index (Phi) is 7.06. The van der Waals surface area contributed by atoms with Crippen LogP contribution in [0.15, 0.2) is 0 Å². The molecule has 0 bridgehead atoms. The topological polar surface area (TPSA) is 15.3 Å². The Bertz CT molecular complexity index is 162. The number of hydrogen-bond donors (Lipinski definition) is 1. The minimum absolute atomic E-state index is 0.839. The maximum atomic E-state index is 3.59. The number of piperidine rings is 1. The average Bonchev–Trinajstić information content (AvgIpc) is 2.27. The first-order valence-corrected chi connectivity index (χ1v) is 7.15. The molecule has 1 rings (SSSR count). The van der Waals surface area contributed by atoms with Crippen molar-refractivity contribution in [1.29, 1.82) is 0 Å². The van der Waals surface area contributed by atoms with Gasteiger partial charge in [0.1, 0.15) is 0 Å². The van der Waals surface area contributed by atoms with Crippen molar-refractivity contribution in [3.8, 4) is 0 Å². The van der Waals surface area contributed by atoms with Crippen LogP contribution in [0.4, 0.5) is 0 Å². The molecule has 96 valence electrons. The Hall–Kier alpha value is -0.0800. The van der Waals surface area contributed by atoms with Crippen LogP contribution in [-0.2, 0) is 0 Å². The first kappa shape index (κ1) is 14.0. The molecule has 1 aliphatic rings. The second kappa shape index (κ2) is 8.08. The third-order valence-corrected chi connectivity index (χ3v) is 3.76. The monoisotopic (exact) mass is 226 g/mol. The van der Waals surface area contributed by atoms with Crippen molar-refractivity contribution in [2.75, 3.05) is 32.7 Å². The molecule has 0 aromatic carbocycles. The molecule has 16 heavy (non-hydrogen) atoms. The van der Waals surface area contributed by atoms with Gasteiger partial charge in [-0.1, -0.05) is 27.2 Å². The minimum atomic E-state index is 0.839. The van der Waals surface area contributed by atoms with E-state index < -0.39 is 0 Å². The van der Waals surface area contributed by atoms with Crippen molar-refractivity contribution in [1.82, 2.24) is 10.2 Å². The average molecular weight is 226 g/mol. The largest absolute Gasteiger partial charge is 0.315 e. The predicted octanol–water partition coefficient (Wildman–Crippen LogP) is 2.74. The third-order valence-electron chi connectivity index (χ3n) is 3.76. The van der Waals surface area contributed by atoms with Gasteiger partial charge in [-0.3, -0.25) is 0 Å². The molecule has 1 heterocycles. The summed E-state index contributed by atoms with van der Waals surface area (Å²) in [5, 5.41) is 3.59. The van der Waals surface area contributed by atoms with Crippen molar-refractivity contribution in [2.24, 2.45) is 11.8 Å². The molecule has 2 heteroatoms. The molecule has 0 radical (unpaired) electrons. The van der Waals surface area contributed by atoms with Crippen molar-refractivity contribution in [3.05, 3.63) is 0 Å². The summed E-state index contributed by atoms with van der Waals surface area (Å²) < 4.78 is 0. The van der Waals surface area contributed by atoms with E-state index in [-0.39, 0.29) is 0 Å². The van der Waals surface area contributed by atoms with Crippen LogP contribution in [0, 0.1) is 11.8 Å². The van der Waals surface area contributed by atoms with Crippen LogP contribution in [0.3, 0.4) is 0 Å². The zero-order valence-electron chi connectivity index (χ0n) is 11.5. The third kappa shape index (κ3) is 5.86. The van der Waals surface area contributed by atoms with Gasteiger partial charge in [0.25, 0.3) is 0 Å². The molecule has 0 aromatic heterocycles. The van der Waals surface area contributed by atoms with E-state index in [0.717, 1.165) is 11.8 Å². The highest BCUT2D eigenvalue weighted by Gasteiger charge is 2.14. The van der Waals surface area contributed by atoms with Crippen LogP contribution in [0.5, 0.6) is 0 Å². The van der Waals surface area contributed by atoms with Gasteiger partial charge >= 0.3 is 0 Å². The van der Waals surface area contributed by atoms with Gasteiger partial charge in [0.2, 0.25) is 0 Å². The van der Waals surface area contributed by atoms with E-state index in [1.54, 1.807) is 0 Å². The molecular weight excluding hydrogens is 196 g/mol. The Morgan fingerprint density at radius 3 is 2.62 bits per heavy atom. The molecule has 0 spiro atoms. The van der Waals surface area contributed by atoms with E-state index in [1.807, 2.05) is 0 Å². The fourth-order valence-electron chi connectivity index (χ4n) is 2.47. The minimum Gasteiger partial charge on any atom is -0.315 e. The summed E-state index contributed by atoms with van der Waals surface area (Å²) in [5.74, 6) is 1.79. The first-order chi connectivity index (χ1) is 7.72. The Labute approximate surface area is 102 Å². The van der Waals surface area contributed by atoms with Gasteiger partial charge < -0.3 is 10.2 Å². The molecule has 0 aromatic rings. The van der Waals surface area contributed by atoms with Crippen molar-refractivity contribution in [3.63, 3.8) is 0 Å². The lowest BCUT2D eigenvalue weighted by molar-refractivity contribution is 0.192. The second-order valence-electron chi connectivity index (χ2n) is 5.62. The smallest absolute Gasteiger partial charge is 0.0107 e. The van der Waals surface area contributed by atoms with Gasteiger partial charge in [0.15, 0.2) is 0 Å². The standard InChI is InChI=1S/C14H30N2/c1-4-5-14(3)12-15-8-11-16-9-6-13(2)7-10-16/h13-15H,4-12H2,1-3H3. The summed E-state index contributed by atoms with van der Waals surface area (Å²) in [5.41, 5.74) is 0. The molecule has 1 unspecified atom stereocenters. The molecular formula is C14H30N2. The summed E-state index contributed by atoms with van der Waals surface area (Å²) in [7, 11) is 0. The lowest BCUT2D eigenvalue weighted by Gasteiger charge is -2.30. The van der Waals surface area contributed by atoms with E-state index in [1.165, 1.54) is 58.4 Å². The summed E-state index contributed by atoms with van der Waals surface area (Å²) >= 11 is 0. The lowest BCUT2D eigenvalue weighted by Crippen LogP contribution is -2.38. The second-order valence-corrected chi connectivity index (χ2v) is 5.62. The summed E-state index contributed by atoms with van der Waals surface area (Å²) in [4.78, 5) is 2.61. The number of nitrogens with one attached hydrogen (secondary N) is 1. The maximum Gasteiger partial charge on any atom is 0.0107 e. The fourth-order valence-corrected chi connectivity index (χ4v) is 2.47. The van der Waals surface area contributed by atoms with Gasteiger partial charge in [-0.25, -0.2) is 0 Å². The molecule has 0 saturated carbocycles. The van der Waals surface area contributed by atoms with Crippen LogP contribution in [-0.4, -0.2) is 37.6 Å². The molecule has 1 aliphatic heterocycles. The van der Waals surface area contributed by atoms with Gasteiger partial charge in [-0.05, 0) is 50.7 Å². The SMILES string of the molecule is CCCC(C)CNCCN1CCC(C)CC1. The molecule has 1 fully saturated rings. The molecule has 0 aliphatic carbocycles. The van der Waals surface area contributed by atoms with Crippen LogP contribution in [0.1, 0.15) is 46.5 Å². The van der Waals surface area contributed by atoms with E-state index in [9.17, 15) is 0 Å². The molecule has 0 amide bonds. The number of nitrogens with zero attached hydrogens (tertiary/aromatic N) is 1. The van der Waals surface area contributed by atoms with E-state index in [2.05, 4.69) is 31.0 Å². The van der Waals surface area contributed by atoms with Gasteiger partial charge in [0.05, 0.1) is 0 Å². The van der Waals surface area contributed by atoms with E-state index >= 15 is 0 Å². The van der Waals surface area contributed by atoms with Gasteiger partial charge in [-0.2, -0.15) is 0 Å². The Morgan fingerprint density at radius 2 is 2.00 bits per heavy atom. The highest BCUT2D eigenvalue weighted by Crippen LogP contribution is 2.15. The van der Waals surface area contributed by atoms with Crippen LogP contribution in [0.25, 0.3) is 0 Å². The highest BCUT2D eigenvalue weighted by atomic mass is 15.1. The first-order valence-electron chi connectivity index (χ1n) is 7.15. The maximum absolute atomic E-state index is 3.59. The number of hydrogen-bond acceptors (Lipinski definition) is 2. The Balaban J connectivity index is 1.95. The predicted molar refractivity (Wildman–Crippen MR) is 71.8 cm³/mol. The summed E-state index contributed by atoms with van der Waals surface area (Å²) in [6.45, 7) is 13.2. The Morgan fingerprint density at radius 1 is 1.31 bits per heavy atom. The molecule has 1 saturated heterocycles. The highest BCUT2D eigenvalue weighted by molar-refractivity contribution is 4.70. The molecule has 1 atom stereocenters. The van der Waals surface area contributed by atoms with Crippen molar-refractivity contribution < 1.29 is 0 Å². The fraction of sp³-hybridized carbons (Fsp3) is 1.00. The van der Waals surface area contributed by atoms with E-state index in [0.29, 0.717) is 0 Å². The van der Waals surface area contributed by atoms with Gasteiger partial charge in [0, 0.05) is 13.1 Å². The van der Waals surface area contributed by atoms with Crippen LogP contribution in [0.2, 0.25) is 0 Å². The van der Waals surface area contributed by atoms with E-state index in [4.69, 9.17) is 0 Å². The zero-order valence-corrected chi connectivity index (χ0v) is 11.5. The van der Waals surface area contributed by atoms with Crippen LogP contribution < -0.4 is 5.32 Å². The quantitative estimate of drug-likeness (QED) is 0.672. The van der Waals surface area contributed by atoms with Crippen molar-refractivity contribution in [2.45, 2.75) is 46.5 Å². The molecule has 1 N–H and O–H groups in total. The zero-order chi connectivity index (χ0) is 11.8. The number of rotatable bonds is 7. The number of likely N-dealkylation sites (tertiary alicyclic amines) is 1. The summed E-state index contributed by atoms with van der Waals surface area (Å²) in [6.07, 6.45) is 5.46. The van der Waals surface area contributed by atoms with Crippen molar-refractivity contribution >= 4 is 0 Å². The normalized spacial score (nSPS) is 21.2. The lowest BCUT2D eigenvalue weighted by atomic mass is 9.99.